The lowest BCUT2D eigenvalue weighted by Gasteiger charge is -2.09. The molecule has 0 spiro atoms. The lowest BCUT2D eigenvalue weighted by Crippen LogP contribution is -2.28. The molecule has 0 atom stereocenters. The number of amides is 1. The zero-order valence-electron chi connectivity index (χ0n) is 15.3. The SMILES string of the molecule is Cc1ccccc1OCCNS(=O)(=O)c1nnc(NC(=O)c2ccc(Cl)cc2)s1. The predicted molar refractivity (Wildman–Crippen MR) is 111 cm³/mol. The first-order valence-electron chi connectivity index (χ1n) is 8.44. The van der Waals surface area contributed by atoms with Gasteiger partial charge in [-0.15, -0.1) is 10.2 Å². The van der Waals surface area contributed by atoms with Crippen molar-refractivity contribution < 1.29 is 17.9 Å². The highest BCUT2D eigenvalue weighted by atomic mass is 35.5. The summed E-state index contributed by atoms with van der Waals surface area (Å²) >= 11 is 6.54. The van der Waals surface area contributed by atoms with E-state index in [1.807, 2.05) is 31.2 Å². The average Bonchev–Trinajstić information content (AvgIpc) is 3.16. The Kier molecular flexibility index (Phi) is 6.80. The molecule has 11 heteroatoms. The summed E-state index contributed by atoms with van der Waals surface area (Å²) in [5, 5.41) is 10.4. The van der Waals surface area contributed by atoms with Crippen LogP contribution in [0.5, 0.6) is 5.75 Å². The Balaban J connectivity index is 1.54. The quantitative estimate of drug-likeness (QED) is 0.401. The van der Waals surface area contributed by atoms with E-state index in [0.717, 1.165) is 16.9 Å². The standard InChI is InChI=1S/C18H17ClN4O4S2/c1-12-4-2-3-5-15(12)27-11-10-20-29(25,26)18-23-22-17(28-18)21-16(24)13-6-8-14(19)9-7-13/h2-9,20H,10-11H2,1H3,(H,21,22,24). The number of aromatic nitrogens is 2. The monoisotopic (exact) mass is 452 g/mol. The maximum atomic E-state index is 12.3. The Morgan fingerprint density at radius 1 is 1.14 bits per heavy atom. The molecule has 1 amide bonds. The van der Waals surface area contributed by atoms with Gasteiger partial charge in [-0.2, -0.15) is 0 Å². The first kappa shape index (κ1) is 21.2. The van der Waals surface area contributed by atoms with Gasteiger partial charge in [0.1, 0.15) is 12.4 Å². The number of hydrogen-bond acceptors (Lipinski definition) is 7. The lowest BCUT2D eigenvalue weighted by atomic mass is 10.2. The van der Waals surface area contributed by atoms with Crippen LogP contribution in [-0.4, -0.2) is 37.7 Å². The van der Waals surface area contributed by atoms with Gasteiger partial charge in [0, 0.05) is 17.1 Å². The van der Waals surface area contributed by atoms with Crippen LogP contribution in [0.2, 0.25) is 5.02 Å². The summed E-state index contributed by atoms with van der Waals surface area (Å²) in [5.74, 6) is 0.246. The molecule has 2 aromatic carbocycles. The van der Waals surface area contributed by atoms with Gasteiger partial charge in [-0.25, -0.2) is 13.1 Å². The number of rotatable bonds is 8. The number of anilines is 1. The number of ether oxygens (including phenoxy) is 1. The zero-order valence-corrected chi connectivity index (χ0v) is 17.6. The number of nitrogens with zero attached hydrogens (tertiary/aromatic N) is 2. The van der Waals surface area contributed by atoms with Gasteiger partial charge in [0.2, 0.25) is 9.47 Å². The van der Waals surface area contributed by atoms with Crippen molar-refractivity contribution in [2.24, 2.45) is 0 Å². The fraction of sp³-hybridized carbons (Fsp3) is 0.167. The molecule has 0 unspecified atom stereocenters. The predicted octanol–water partition coefficient (Wildman–Crippen LogP) is 3.11. The van der Waals surface area contributed by atoms with Crippen LogP contribution in [0.15, 0.2) is 52.9 Å². The van der Waals surface area contributed by atoms with Crippen LogP contribution in [0.3, 0.4) is 0 Å². The lowest BCUT2D eigenvalue weighted by molar-refractivity contribution is 0.102. The highest BCUT2D eigenvalue weighted by Gasteiger charge is 2.21. The molecule has 0 saturated carbocycles. The summed E-state index contributed by atoms with van der Waals surface area (Å²) < 4.78 is 32.4. The van der Waals surface area contributed by atoms with E-state index in [1.54, 1.807) is 24.3 Å². The molecule has 0 aliphatic rings. The number of carbonyl (C=O) groups is 1. The topological polar surface area (TPSA) is 110 Å². The Bertz CT molecular complexity index is 1100. The van der Waals surface area contributed by atoms with Crippen LogP contribution < -0.4 is 14.8 Å². The van der Waals surface area contributed by atoms with Crippen LogP contribution in [-0.2, 0) is 10.0 Å². The number of sulfonamides is 1. The zero-order chi connectivity index (χ0) is 20.9. The summed E-state index contributed by atoms with van der Waals surface area (Å²) in [5.41, 5.74) is 1.32. The van der Waals surface area contributed by atoms with E-state index < -0.39 is 15.9 Å². The summed E-state index contributed by atoms with van der Waals surface area (Å²) in [6.45, 7) is 2.12. The number of hydrogen-bond donors (Lipinski definition) is 2. The molecule has 0 fully saturated rings. The van der Waals surface area contributed by atoms with Gasteiger partial charge in [-0.1, -0.05) is 41.1 Å². The van der Waals surface area contributed by atoms with Gasteiger partial charge in [0.05, 0.1) is 0 Å². The van der Waals surface area contributed by atoms with Crippen LogP contribution in [0, 0.1) is 6.92 Å². The minimum Gasteiger partial charge on any atom is -0.492 e. The summed E-state index contributed by atoms with van der Waals surface area (Å²) in [7, 11) is -3.86. The number of halogens is 1. The maximum Gasteiger partial charge on any atom is 0.269 e. The van der Waals surface area contributed by atoms with Crippen molar-refractivity contribution in [3.05, 3.63) is 64.7 Å². The van der Waals surface area contributed by atoms with Crippen LogP contribution >= 0.6 is 22.9 Å². The molecular weight excluding hydrogens is 436 g/mol. The molecular formula is C18H17ClN4O4S2. The van der Waals surface area contributed by atoms with E-state index in [0.29, 0.717) is 16.3 Å². The van der Waals surface area contributed by atoms with E-state index in [-0.39, 0.29) is 22.6 Å². The molecule has 8 nitrogen and oxygen atoms in total. The van der Waals surface area contributed by atoms with Crippen molar-refractivity contribution in [3.8, 4) is 5.75 Å². The van der Waals surface area contributed by atoms with Crippen molar-refractivity contribution in [1.82, 2.24) is 14.9 Å². The third kappa shape index (κ3) is 5.73. The minimum absolute atomic E-state index is 0.0582. The normalized spacial score (nSPS) is 11.2. The fourth-order valence-electron chi connectivity index (χ4n) is 2.26. The molecule has 0 aliphatic heterocycles. The largest absolute Gasteiger partial charge is 0.492 e. The van der Waals surface area contributed by atoms with Crippen molar-refractivity contribution >= 4 is 44.0 Å². The molecule has 1 aromatic heterocycles. The third-order valence-electron chi connectivity index (χ3n) is 3.71. The molecule has 2 N–H and O–H groups in total. The van der Waals surface area contributed by atoms with E-state index in [2.05, 4.69) is 20.2 Å². The summed E-state index contributed by atoms with van der Waals surface area (Å²) in [4.78, 5) is 12.2. The average molecular weight is 453 g/mol. The maximum absolute atomic E-state index is 12.3. The number of nitrogens with one attached hydrogen (secondary N) is 2. The van der Waals surface area contributed by atoms with Gasteiger partial charge >= 0.3 is 0 Å². The molecule has 152 valence electrons. The summed E-state index contributed by atoms with van der Waals surface area (Å²) in [6, 6.07) is 13.7. The molecule has 29 heavy (non-hydrogen) atoms. The first-order valence-corrected chi connectivity index (χ1v) is 11.1. The molecule has 0 aliphatic carbocycles. The molecule has 0 saturated heterocycles. The number of para-hydroxylation sites is 1. The Hall–Kier alpha value is -2.53. The Morgan fingerprint density at radius 2 is 1.86 bits per heavy atom. The number of benzene rings is 2. The molecule has 1 heterocycles. The van der Waals surface area contributed by atoms with E-state index in [9.17, 15) is 13.2 Å². The van der Waals surface area contributed by atoms with Crippen LogP contribution in [0.4, 0.5) is 5.13 Å². The molecule has 0 bridgehead atoms. The van der Waals surface area contributed by atoms with Gasteiger partial charge in [-0.05, 0) is 42.8 Å². The van der Waals surface area contributed by atoms with Crippen LogP contribution in [0.1, 0.15) is 15.9 Å². The van der Waals surface area contributed by atoms with Crippen molar-refractivity contribution in [1.29, 1.82) is 0 Å². The van der Waals surface area contributed by atoms with Gasteiger partial charge in [-0.3, -0.25) is 10.1 Å². The number of carbonyl (C=O) groups excluding carboxylic acids is 1. The van der Waals surface area contributed by atoms with Gasteiger partial charge in [0.25, 0.3) is 15.9 Å². The Morgan fingerprint density at radius 3 is 2.59 bits per heavy atom. The van der Waals surface area contributed by atoms with Crippen LogP contribution in [0.25, 0.3) is 0 Å². The van der Waals surface area contributed by atoms with Gasteiger partial charge in [0.15, 0.2) is 0 Å². The second kappa shape index (κ2) is 9.31. The highest BCUT2D eigenvalue weighted by Crippen LogP contribution is 2.21. The van der Waals surface area contributed by atoms with Crippen molar-refractivity contribution in [2.75, 3.05) is 18.5 Å². The van der Waals surface area contributed by atoms with Gasteiger partial charge < -0.3 is 4.74 Å². The summed E-state index contributed by atoms with van der Waals surface area (Å²) in [6.07, 6.45) is 0. The fourth-order valence-corrected chi connectivity index (χ4v) is 4.33. The minimum atomic E-state index is -3.86. The second-order valence-corrected chi connectivity index (χ2v) is 9.20. The van der Waals surface area contributed by atoms with E-state index in [4.69, 9.17) is 16.3 Å². The van der Waals surface area contributed by atoms with Crippen molar-refractivity contribution in [3.63, 3.8) is 0 Å². The molecule has 3 rings (SSSR count). The Labute approximate surface area is 176 Å². The second-order valence-electron chi connectivity index (χ2n) is 5.85. The molecule has 3 aromatic rings. The third-order valence-corrected chi connectivity index (χ3v) is 6.63. The first-order chi connectivity index (χ1) is 13.8. The van der Waals surface area contributed by atoms with E-state index >= 15 is 0 Å². The smallest absolute Gasteiger partial charge is 0.269 e. The highest BCUT2D eigenvalue weighted by molar-refractivity contribution is 7.91. The van der Waals surface area contributed by atoms with E-state index in [1.165, 1.54) is 0 Å². The van der Waals surface area contributed by atoms with Crippen molar-refractivity contribution in [2.45, 2.75) is 11.3 Å². The number of aryl methyl sites for hydroxylation is 1. The molecule has 0 radical (unpaired) electrons.